The van der Waals surface area contributed by atoms with Crippen LogP contribution in [0, 0.1) is 0 Å². The molecule has 0 saturated heterocycles. The molecule has 0 aliphatic rings. The number of unbranched alkanes of at least 4 members (excludes halogenated alkanes) is 1. The minimum absolute atomic E-state index is 1.08. The quantitative estimate of drug-likeness (QED) is 0.177. The molecule has 7 aromatic rings. The molecule has 0 aliphatic carbocycles. The van der Waals surface area contributed by atoms with Crippen LogP contribution in [0.4, 0.5) is 0 Å². The van der Waals surface area contributed by atoms with Gasteiger partial charge >= 0.3 is 0 Å². The summed E-state index contributed by atoms with van der Waals surface area (Å²) in [6, 6.07) is 55.5. The number of benzene rings is 7. The van der Waals surface area contributed by atoms with Gasteiger partial charge in [0.2, 0.25) is 0 Å². The van der Waals surface area contributed by atoms with E-state index in [1.54, 1.807) is 0 Å². The van der Waals surface area contributed by atoms with Gasteiger partial charge in [0.15, 0.2) is 0 Å². The highest BCUT2D eigenvalue weighted by Crippen LogP contribution is 2.45. The van der Waals surface area contributed by atoms with Crippen LogP contribution in [0.25, 0.3) is 66.1 Å². The third-order valence-electron chi connectivity index (χ3n) is 8.50. The highest BCUT2D eigenvalue weighted by atomic mass is 14.2. The zero-order valence-corrected chi connectivity index (χ0v) is 24.1. The Morgan fingerprint density at radius 1 is 0.357 bits per heavy atom. The van der Waals surface area contributed by atoms with Crippen molar-refractivity contribution in [1.29, 1.82) is 0 Å². The van der Waals surface area contributed by atoms with E-state index in [1.165, 1.54) is 84.5 Å². The summed E-state index contributed by atoms with van der Waals surface area (Å²) in [6.45, 7) is 2.28. The molecule has 0 aliphatic heterocycles. The topological polar surface area (TPSA) is 0 Å². The van der Waals surface area contributed by atoms with E-state index < -0.39 is 0 Å². The van der Waals surface area contributed by atoms with Gasteiger partial charge in [0.1, 0.15) is 0 Å². The predicted molar refractivity (Wildman–Crippen MR) is 182 cm³/mol. The maximum atomic E-state index is 2.34. The van der Waals surface area contributed by atoms with Crippen molar-refractivity contribution in [2.75, 3.05) is 0 Å². The van der Waals surface area contributed by atoms with Crippen LogP contribution in [0.1, 0.15) is 25.3 Å². The monoisotopic (exact) mass is 538 g/mol. The molecule has 7 aromatic carbocycles. The fourth-order valence-corrected chi connectivity index (χ4v) is 6.41. The fourth-order valence-electron chi connectivity index (χ4n) is 6.41. The molecule has 0 radical (unpaired) electrons. The normalized spacial score (nSPS) is 11.3. The van der Waals surface area contributed by atoms with Gasteiger partial charge in [-0.3, -0.25) is 0 Å². The first-order chi connectivity index (χ1) is 20.8. The predicted octanol–water partition coefficient (Wildman–Crippen LogP) is 12.0. The van der Waals surface area contributed by atoms with Crippen LogP contribution in [0.5, 0.6) is 0 Å². The van der Waals surface area contributed by atoms with Gasteiger partial charge in [-0.25, -0.2) is 0 Å². The number of hydrogen-bond acceptors (Lipinski definition) is 0. The molecule has 0 bridgehead atoms. The smallest absolute Gasteiger partial charge is 0.00236 e. The Bertz CT molecular complexity index is 1960. The van der Waals surface area contributed by atoms with Crippen LogP contribution in [-0.2, 0) is 6.42 Å². The van der Waals surface area contributed by atoms with Crippen molar-refractivity contribution in [2.45, 2.75) is 26.2 Å². The minimum Gasteiger partial charge on any atom is -0.0654 e. The highest BCUT2D eigenvalue weighted by molar-refractivity contribution is 6.22. The minimum atomic E-state index is 1.08. The summed E-state index contributed by atoms with van der Waals surface area (Å²) in [5.41, 5.74) is 11.6. The first kappa shape index (κ1) is 26.0. The van der Waals surface area contributed by atoms with E-state index in [0.717, 1.165) is 6.42 Å². The second-order valence-corrected chi connectivity index (χ2v) is 11.1. The summed E-state index contributed by atoms with van der Waals surface area (Å²) >= 11 is 0. The molecule has 0 atom stereocenters. The zero-order chi connectivity index (χ0) is 28.3. The molecule has 0 N–H and O–H groups in total. The van der Waals surface area contributed by atoms with E-state index in [1.807, 2.05) is 0 Å². The van der Waals surface area contributed by atoms with Gasteiger partial charge in [-0.15, -0.1) is 0 Å². The standard InChI is InChI=1S/C42H34/c1-2-3-13-34-18-12-21-39-40(35-26-22-32(23-27-35)30-14-6-4-7-15-30)37-19-10-11-20-38(37)41(42(34)39)36-28-24-33(25-29-36)31-16-8-5-9-17-31/h4-12,14-29H,2-3,13H2,1H3. The summed E-state index contributed by atoms with van der Waals surface area (Å²) in [6.07, 6.45) is 3.44. The molecule has 0 heterocycles. The Kier molecular flexibility index (Phi) is 7.12. The van der Waals surface area contributed by atoms with Gasteiger partial charge in [0, 0.05) is 0 Å². The molecular formula is C42H34. The number of hydrogen-bond donors (Lipinski definition) is 0. The lowest BCUT2D eigenvalue weighted by atomic mass is 9.83. The van der Waals surface area contributed by atoms with E-state index in [-0.39, 0.29) is 0 Å². The molecule has 202 valence electrons. The highest BCUT2D eigenvalue weighted by Gasteiger charge is 2.19. The first-order valence-electron chi connectivity index (χ1n) is 15.1. The third-order valence-corrected chi connectivity index (χ3v) is 8.50. The van der Waals surface area contributed by atoms with Gasteiger partial charge in [-0.1, -0.05) is 165 Å². The van der Waals surface area contributed by atoms with Crippen molar-refractivity contribution in [3.05, 3.63) is 157 Å². The van der Waals surface area contributed by atoms with Crippen molar-refractivity contribution < 1.29 is 0 Å². The van der Waals surface area contributed by atoms with E-state index in [4.69, 9.17) is 0 Å². The SMILES string of the molecule is CCCCc1cccc2c(-c3ccc(-c4ccccc4)cc3)c3ccccc3c(-c3ccc(-c4ccccc4)cc3)c12. The Labute approximate surface area is 248 Å². The molecular weight excluding hydrogens is 504 g/mol. The Morgan fingerprint density at radius 2 is 0.786 bits per heavy atom. The van der Waals surface area contributed by atoms with Crippen molar-refractivity contribution in [3.63, 3.8) is 0 Å². The average molecular weight is 539 g/mol. The maximum Gasteiger partial charge on any atom is -0.00236 e. The van der Waals surface area contributed by atoms with Crippen LogP contribution < -0.4 is 0 Å². The Hall–Kier alpha value is -4.94. The van der Waals surface area contributed by atoms with E-state index in [9.17, 15) is 0 Å². The van der Waals surface area contributed by atoms with E-state index in [0.29, 0.717) is 0 Å². The van der Waals surface area contributed by atoms with Crippen molar-refractivity contribution in [3.8, 4) is 44.5 Å². The third kappa shape index (κ3) is 4.80. The largest absolute Gasteiger partial charge is 0.0654 e. The summed E-state index contributed by atoms with van der Waals surface area (Å²) < 4.78 is 0. The summed E-state index contributed by atoms with van der Waals surface area (Å²) in [5, 5.41) is 5.33. The first-order valence-corrected chi connectivity index (χ1v) is 15.1. The number of aryl methyl sites for hydroxylation is 1. The second kappa shape index (κ2) is 11.5. The molecule has 0 aromatic heterocycles. The lowest BCUT2D eigenvalue weighted by molar-refractivity contribution is 0.799. The lowest BCUT2D eigenvalue weighted by Crippen LogP contribution is -1.95. The Morgan fingerprint density at radius 3 is 1.33 bits per heavy atom. The molecule has 0 heteroatoms. The van der Waals surface area contributed by atoms with Gasteiger partial charge < -0.3 is 0 Å². The number of rotatable bonds is 7. The molecule has 0 amide bonds. The summed E-state index contributed by atoms with van der Waals surface area (Å²) in [4.78, 5) is 0. The van der Waals surface area contributed by atoms with Gasteiger partial charge in [-0.05, 0) is 84.5 Å². The zero-order valence-electron chi connectivity index (χ0n) is 24.1. The van der Waals surface area contributed by atoms with Gasteiger partial charge in [-0.2, -0.15) is 0 Å². The summed E-state index contributed by atoms with van der Waals surface area (Å²) in [5.74, 6) is 0. The van der Waals surface area contributed by atoms with Crippen LogP contribution in [0.15, 0.2) is 152 Å². The maximum absolute atomic E-state index is 2.34. The molecule has 0 nitrogen and oxygen atoms in total. The lowest BCUT2D eigenvalue weighted by Gasteiger charge is -2.20. The Balaban J connectivity index is 1.47. The second-order valence-electron chi connectivity index (χ2n) is 11.1. The van der Waals surface area contributed by atoms with E-state index >= 15 is 0 Å². The fraction of sp³-hybridized carbons (Fsp3) is 0.0952. The number of fused-ring (bicyclic) bond motifs is 2. The van der Waals surface area contributed by atoms with Crippen LogP contribution in [0.3, 0.4) is 0 Å². The molecule has 7 rings (SSSR count). The molecule has 42 heavy (non-hydrogen) atoms. The van der Waals surface area contributed by atoms with Crippen molar-refractivity contribution >= 4 is 21.5 Å². The van der Waals surface area contributed by atoms with Crippen LogP contribution in [0.2, 0.25) is 0 Å². The van der Waals surface area contributed by atoms with Gasteiger partial charge in [0.05, 0.1) is 0 Å². The average Bonchev–Trinajstić information content (AvgIpc) is 3.07. The molecule has 0 fully saturated rings. The van der Waals surface area contributed by atoms with Crippen molar-refractivity contribution in [1.82, 2.24) is 0 Å². The van der Waals surface area contributed by atoms with Crippen LogP contribution >= 0.6 is 0 Å². The van der Waals surface area contributed by atoms with Crippen molar-refractivity contribution in [2.24, 2.45) is 0 Å². The molecule has 0 saturated carbocycles. The van der Waals surface area contributed by atoms with Gasteiger partial charge in [0.25, 0.3) is 0 Å². The van der Waals surface area contributed by atoms with Crippen LogP contribution in [-0.4, -0.2) is 0 Å². The molecule has 0 spiro atoms. The summed E-state index contributed by atoms with van der Waals surface area (Å²) in [7, 11) is 0. The van der Waals surface area contributed by atoms with E-state index in [2.05, 4.69) is 159 Å². The molecule has 0 unspecified atom stereocenters.